The Kier molecular flexibility index (Phi) is 5.57. The molecule has 0 radical (unpaired) electrons. The Bertz CT molecular complexity index is 1060. The maximum Gasteiger partial charge on any atom is 0.435 e. The number of aromatic nitrogens is 2. The maximum atomic E-state index is 13.1. The summed E-state index contributed by atoms with van der Waals surface area (Å²) in [6, 6.07) is 10.7. The third kappa shape index (κ3) is 4.62. The Hall–Kier alpha value is -3.34. The number of hydrogen-bond donors (Lipinski definition) is 2. The van der Waals surface area contributed by atoms with E-state index in [2.05, 4.69) is 10.4 Å². The Morgan fingerprint density at radius 3 is 2.20 bits per heavy atom. The highest BCUT2D eigenvalue weighted by molar-refractivity contribution is 6.04. The van der Waals surface area contributed by atoms with Crippen molar-refractivity contribution in [3.8, 4) is 5.69 Å². The molecule has 0 fully saturated rings. The number of carbonyl (C=O) groups excluding carboxylic acids is 1. The zero-order valence-electron chi connectivity index (χ0n) is 14.9. The molecule has 0 aliphatic heterocycles. The van der Waals surface area contributed by atoms with Crippen LogP contribution in [0.4, 0.5) is 32.0 Å². The number of nitrogens with one attached hydrogen (secondary N) is 1. The predicted molar refractivity (Wildman–Crippen MR) is 93.9 cm³/mol. The monoisotopic (exact) mass is 429 g/mol. The van der Waals surface area contributed by atoms with Gasteiger partial charge in [0.05, 0.1) is 12.3 Å². The number of rotatable bonds is 4. The first kappa shape index (κ1) is 21.4. The lowest BCUT2D eigenvalue weighted by Crippen LogP contribution is -2.14. The molecule has 0 aliphatic carbocycles. The minimum atomic E-state index is -5.05. The second-order valence-electron chi connectivity index (χ2n) is 6.18. The van der Waals surface area contributed by atoms with E-state index in [4.69, 9.17) is 5.11 Å². The Balaban J connectivity index is 1.87. The highest BCUT2D eigenvalue weighted by Gasteiger charge is 2.42. The van der Waals surface area contributed by atoms with Gasteiger partial charge < -0.3 is 10.4 Å². The molecule has 1 heterocycles. The van der Waals surface area contributed by atoms with Gasteiger partial charge in [-0.1, -0.05) is 12.1 Å². The van der Waals surface area contributed by atoms with Crippen LogP contribution in [0.5, 0.6) is 0 Å². The fraction of sp³-hybridized carbons (Fsp3) is 0.158. The summed E-state index contributed by atoms with van der Waals surface area (Å²) < 4.78 is 78.0. The van der Waals surface area contributed by atoms with Crippen LogP contribution in [0.25, 0.3) is 5.69 Å². The van der Waals surface area contributed by atoms with E-state index in [-0.39, 0.29) is 34.3 Å². The molecular weight excluding hydrogens is 416 g/mol. The highest BCUT2D eigenvalue weighted by atomic mass is 19.4. The number of carbonyl (C=O) groups is 1. The third-order valence-corrected chi connectivity index (χ3v) is 4.03. The zero-order valence-corrected chi connectivity index (χ0v) is 14.9. The van der Waals surface area contributed by atoms with Crippen LogP contribution < -0.4 is 5.32 Å². The second-order valence-corrected chi connectivity index (χ2v) is 6.18. The molecule has 1 amide bonds. The van der Waals surface area contributed by atoms with Crippen LogP contribution in [-0.2, 0) is 19.0 Å². The van der Waals surface area contributed by atoms with Gasteiger partial charge in [-0.3, -0.25) is 4.79 Å². The van der Waals surface area contributed by atoms with Gasteiger partial charge in [-0.2, -0.15) is 31.4 Å². The first-order valence-corrected chi connectivity index (χ1v) is 8.35. The van der Waals surface area contributed by atoms with E-state index >= 15 is 0 Å². The highest BCUT2D eigenvalue weighted by Crippen LogP contribution is 2.36. The minimum absolute atomic E-state index is 0.0656. The van der Waals surface area contributed by atoms with Crippen LogP contribution in [0.3, 0.4) is 0 Å². The summed E-state index contributed by atoms with van der Waals surface area (Å²) in [6.07, 6.45) is -10.1. The van der Waals surface area contributed by atoms with Crippen LogP contribution in [-0.4, -0.2) is 20.8 Å². The fourth-order valence-electron chi connectivity index (χ4n) is 2.62. The molecular formula is C19H13F6N3O2. The van der Waals surface area contributed by atoms with Crippen molar-refractivity contribution in [2.75, 3.05) is 5.32 Å². The average molecular weight is 429 g/mol. The van der Waals surface area contributed by atoms with Crippen molar-refractivity contribution < 1.29 is 36.2 Å². The lowest BCUT2D eigenvalue weighted by molar-refractivity contribution is -0.143. The molecule has 0 atom stereocenters. The van der Waals surface area contributed by atoms with Gasteiger partial charge in [-0.25, -0.2) is 4.68 Å². The molecule has 158 valence electrons. The molecule has 2 N–H and O–H groups in total. The van der Waals surface area contributed by atoms with E-state index in [1.54, 1.807) is 12.1 Å². The molecule has 2 aromatic carbocycles. The van der Waals surface area contributed by atoms with Crippen LogP contribution in [0.15, 0.2) is 54.6 Å². The van der Waals surface area contributed by atoms with Crippen molar-refractivity contribution in [2.45, 2.75) is 19.0 Å². The number of anilines is 1. The Morgan fingerprint density at radius 1 is 0.967 bits per heavy atom. The van der Waals surface area contributed by atoms with Crippen molar-refractivity contribution in [1.82, 2.24) is 9.78 Å². The number of alkyl halides is 6. The normalized spacial score (nSPS) is 12.1. The first-order valence-electron chi connectivity index (χ1n) is 8.35. The molecule has 1 aromatic heterocycles. The number of aliphatic hydroxyl groups is 1. The molecule has 3 aromatic rings. The molecule has 30 heavy (non-hydrogen) atoms. The standard InChI is InChI=1S/C19H13F6N3O2/c20-18(21,22)15-9-16(19(23,24)25)28(27-15)14-6-4-13(5-7-14)26-17(30)12-3-1-2-11(8-12)10-29/h1-9,29H,10H2,(H,26,30). The van der Waals surface area contributed by atoms with Crippen molar-refractivity contribution in [2.24, 2.45) is 0 Å². The fourth-order valence-corrected chi connectivity index (χ4v) is 2.62. The van der Waals surface area contributed by atoms with Gasteiger partial charge in [-0.15, -0.1) is 0 Å². The van der Waals surface area contributed by atoms with Crippen molar-refractivity contribution in [3.63, 3.8) is 0 Å². The van der Waals surface area contributed by atoms with E-state index in [0.717, 1.165) is 12.1 Å². The minimum Gasteiger partial charge on any atom is -0.392 e. The molecule has 11 heteroatoms. The van der Waals surface area contributed by atoms with Gasteiger partial charge in [-0.05, 0) is 42.0 Å². The summed E-state index contributed by atoms with van der Waals surface area (Å²) in [6.45, 7) is -0.263. The SMILES string of the molecule is O=C(Nc1ccc(-n2nc(C(F)(F)F)cc2C(F)(F)F)cc1)c1cccc(CO)c1. The smallest absolute Gasteiger partial charge is 0.392 e. The largest absolute Gasteiger partial charge is 0.435 e. The number of halogens is 6. The Morgan fingerprint density at radius 2 is 1.63 bits per heavy atom. The average Bonchev–Trinajstić information content (AvgIpc) is 3.15. The number of hydrogen-bond acceptors (Lipinski definition) is 3. The van der Waals surface area contributed by atoms with Gasteiger partial charge in [0, 0.05) is 17.3 Å². The molecule has 0 unspecified atom stereocenters. The van der Waals surface area contributed by atoms with E-state index in [1.165, 1.54) is 24.3 Å². The molecule has 0 saturated carbocycles. The Labute approximate surface area is 165 Å². The van der Waals surface area contributed by atoms with Gasteiger partial charge in [0.25, 0.3) is 5.91 Å². The summed E-state index contributed by atoms with van der Waals surface area (Å²) in [5.74, 6) is -0.535. The van der Waals surface area contributed by atoms with E-state index in [0.29, 0.717) is 5.56 Å². The van der Waals surface area contributed by atoms with Crippen molar-refractivity contribution >= 4 is 11.6 Å². The molecule has 0 aliphatic rings. The zero-order chi connectivity index (χ0) is 22.1. The first-order chi connectivity index (χ1) is 14.0. The lowest BCUT2D eigenvalue weighted by Gasteiger charge is -2.11. The lowest BCUT2D eigenvalue weighted by atomic mass is 10.1. The molecule has 0 bridgehead atoms. The van der Waals surface area contributed by atoms with Gasteiger partial charge in [0.1, 0.15) is 5.69 Å². The summed E-state index contributed by atoms with van der Waals surface area (Å²) in [5, 5.41) is 14.7. The van der Waals surface area contributed by atoms with E-state index in [1.807, 2.05) is 0 Å². The number of benzene rings is 2. The van der Waals surface area contributed by atoms with E-state index in [9.17, 15) is 31.1 Å². The second kappa shape index (κ2) is 7.82. The quantitative estimate of drug-likeness (QED) is 0.594. The van der Waals surface area contributed by atoms with Crippen LogP contribution in [0.1, 0.15) is 27.3 Å². The van der Waals surface area contributed by atoms with Gasteiger partial charge in [0.15, 0.2) is 5.69 Å². The molecule has 0 saturated heterocycles. The van der Waals surface area contributed by atoms with Crippen LogP contribution in [0.2, 0.25) is 0 Å². The molecule has 0 spiro atoms. The number of nitrogens with zero attached hydrogens (tertiary/aromatic N) is 2. The summed E-state index contributed by atoms with van der Waals surface area (Å²) in [7, 11) is 0. The summed E-state index contributed by atoms with van der Waals surface area (Å²) >= 11 is 0. The predicted octanol–water partition coefficient (Wildman–Crippen LogP) is 4.65. The molecule has 5 nitrogen and oxygen atoms in total. The van der Waals surface area contributed by atoms with Crippen molar-refractivity contribution in [3.05, 3.63) is 77.1 Å². The van der Waals surface area contributed by atoms with Gasteiger partial charge in [0.2, 0.25) is 0 Å². The topological polar surface area (TPSA) is 67.2 Å². The van der Waals surface area contributed by atoms with Crippen molar-refractivity contribution in [1.29, 1.82) is 0 Å². The number of aliphatic hydroxyl groups excluding tert-OH is 1. The maximum absolute atomic E-state index is 13.1. The van der Waals surface area contributed by atoms with Crippen LogP contribution >= 0.6 is 0 Å². The summed E-state index contributed by atoms with van der Waals surface area (Å²) in [4.78, 5) is 12.3. The van der Waals surface area contributed by atoms with E-state index < -0.39 is 29.6 Å². The van der Waals surface area contributed by atoms with Gasteiger partial charge >= 0.3 is 12.4 Å². The number of amides is 1. The van der Waals surface area contributed by atoms with Crippen LogP contribution in [0, 0.1) is 0 Å². The summed E-state index contributed by atoms with van der Waals surface area (Å²) in [5.41, 5.74) is -2.56. The molecule has 3 rings (SSSR count). The third-order valence-electron chi connectivity index (χ3n) is 4.03.